The first-order chi connectivity index (χ1) is 30.2. The largest absolute Gasteiger partial charge is 0.310 e. The molecule has 284 valence electrons. The summed E-state index contributed by atoms with van der Waals surface area (Å²) < 4.78 is 2.64. The molecular weight excluding hydrogens is 755 g/mol. The molecule has 2 aliphatic rings. The lowest BCUT2D eigenvalue weighted by Gasteiger charge is -2.32. The summed E-state index contributed by atoms with van der Waals surface area (Å²) in [5, 5.41) is 5.13. The van der Waals surface area contributed by atoms with Crippen molar-refractivity contribution >= 4 is 59.3 Å². The Balaban J connectivity index is 1.01. The summed E-state index contributed by atoms with van der Waals surface area (Å²) in [6.45, 7) is 0. The van der Waals surface area contributed by atoms with E-state index in [4.69, 9.17) is 0 Å². The average Bonchev–Trinajstić information content (AvgIpc) is 3.95. The lowest BCUT2D eigenvalue weighted by Crippen LogP contribution is -2.26. The maximum Gasteiger partial charge on any atom is 0.0726 e. The molecular formula is C59H37NS. The molecule has 0 saturated heterocycles. The Morgan fingerprint density at radius 3 is 1.59 bits per heavy atom. The molecule has 0 saturated carbocycles. The highest BCUT2D eigenvalue weighted by atomic mass is 32.1. The zero-order valence-electron chi connectivity index (χ0n) is 33.2. The van der Waals surface area contributed by atoms with Crippen molar-refractivity contribution in [2.75, 3.05) is 4.90 Å². The first kappa shape index (κ1) is 34.4. The summed E-state index contributed by atoms with van der Waals surface area (Å²) in [6, 6.07) is 83.6. The van der Waals surface area contributed by atoms with Crippen LogP contribution in [0.3, 0.4) is 0 Å². The Hall–Kier alpha value is -7.52. The molecule has 0 bridgehead atoms. The molecule has 1 aromatic heterocycles. The molecule has 1 spiro atoms. The molecule has 0 atom stereocenters. The highest BCUT2D eigenvalue weighted by Crippen LogP contribution is 2.63. The van der Waals surface area contributed by atoms with Crippen molar-refractivity contribution in [2.45, 2.75) is 5.41 Å². The lowest BCUT2D eigenvalue weighted by molar-refractivity contribution is 0.793. The molecule has 11 aromatic rings. The third-order valence-electron chi connectivity index (χ3n) is 13.3. The van der Waals surface area contributed by atoms with Crippen LogP contribution in [-0.4, -0.2) is 0 Å². The van der Waals surface area contributed by atoms with Crippen LogP contribution < -0.4 is 4.90 Å². The number of rotatable bonds is 5. The quantitative estimate of drug-likeness (QED) is 0.168. The molecule has 1 nitrogen and oxygen atoms in total. The van der Waals surface area contributed by atoms with Crippen molar-refractivity contribution < 1.29 is 0 Å². The molecule has 0 amide bonds. The van der Waals surface area contributed by atoms with Crippen LogP contribution in [-0.2, 0) is 5.41 Å². The third kappa shape index (κ3) is 5.07. The molecule has 13 rings (SSSR count). The Morgan fingerprint density at radius 1 is 0.295 bits per heavy atom. The number of anilines is 3. The fourth-order valence-electron chi connectivity index (χ4n) is 10.6. The van der Waals surface area contributed by atoms with Gasteiger partial charge in [0.15, 0.2) is 0 Å². The van der Waals surface area contributed by atoms with Gasteiger partial charge in [-0.1, -0.05) is 164 Å². The Bertz CT molecular complexity index is 3490. The lowest BCUT2D eigenvalue weighted by atomic mass is 9.70. The van der Waals surface area contributed by atoms with Gasteiger partial charge in [0.05, 0.1) is 5.41 Å². The number of benzene rings is 10. The first-order valence-electron chi connectivity index (χ1n) is 21.1. The normalized spacial score (nSPS) is 13.0. The van der Waals surface area contributed by atoms with Gasteiger partial charge >= 0.3 is 0 Å². The molecule has 0 aliphatic heterocycles. The van der Waals surface area contributed by atoms with Crippen molar-refractivity contribution in [3.05, 3.63) is 247 Å². The van der Waals surface area contributed by atoms with Crippen LogP contribution in [0.15, 0.2) is 224 Å². The van der Waals surface area contributed by atoms with E-state index in [1.807, 2.05) is 11.3 Å². The van der Waals surface area contributed by atoms with E-state index in [0.717, 1.165) is 17.1 Å². The van der Waals surface area contributed by atoms with E-state index >= 15 is 0 Å². The number of fused-ring (bicyclic) bond motifs is 14. The van der Waals surface area contributed by atoms with Crippen LogP contribution in [0.25, 0.3) is 75.5 Å². The second-order valence-corrected chi connectivity index (χ2v) is 17.5. The predicted octanol–water partition coefficient (Wildman–Crippen LogP) is 16.4. The highest BCUT2D eigenvalue weighted by molar-refractivity contribution is 7.25. The molecule has 1 heterocycles. The van der Waals surface area contributed by atoms with Gasteiger partial charge in [-0.2, -0.15) is 0 Å². The Morgan fingerprint density at radius 2 is 0.836 bits per heavy atom. The van der Waals surface area contributed by atoms with E-state index < -0.39 is 5.41 Å². The topological polar surface area (TPSA) is 3.24 Å². The van der Waals surface area contributed by atoms with Crippen LogP contribution in [0.4, 0.5) is 17.1 Å². The van der Waals surface area contributed by atoms with E-state index in [9.17, 15) is 0 Å². The summed E-state index contributed by atoms with van der Waals surface area (Å²) in [7, 11) is 0. The van der Waals surface area contributed by atoms with Gasteiger partial charge in [-0.05, 0) is 138 Å². The fraction of sp³-hybridized carbons (Fsp3) is 0.0169. The molecule has 2 aliphatic carbocycles. The number of nitrogens with zero attached hydrogens (tertiary/aromatic N) is 1. The van der Waals surface area contributed by atoms with Gasteiger partial charge in [0.1, 0.15) is 0 Å². The van der Waals surface area contributed by atoms with Gasteiger partial charge in [-0.25, -0.2) is 0 Å². The summed E-state index contributed by atoms with van der Waals surface area (Å²) in [5.74, 6) is 0. The molecule has 2 heteroatoms. The molecule has 0 radical (unpaired) electrons. The number of hydrogen-bond acceptors (Lipinski definition) is 2. The molecule has 10 aromatic carbocycles. The van der Waals surface area contributed by atoms with E-state index in [1.54, 1.807) is 0 Å². The monoisotopic (exact) mass is 791 g/mol. The van der Waals surface area contributed by atoms with Gasteiger partial charge in [0, 0.05) is 37.2 Å². The SMILES string of the molecule is c1cc(-c2ccc3sc4ccccc4c3c2)cc(N(c2ccc(-c3ccc4ccccc4c3)cc2)c2ccc3c(c2)C2(c4ccccc4-c4ccccc42)c2ccccc2-3)c1. The van der Waals surface area contributed by atoms with Crippen molar-refractivity contribution in [1.29, 1.82) is 0 Å². The van der Waals surface area contributed by atoms with Gasteiger partial charge < -0.3 is 4.90 Å². The van der Waals surface area contributed by atoms with Gasteiger partial charge in [0.25, 0.3) is 0 Å². The van der Waals surface area contributed by atoms with Gasteiger partial charge in [-0.15, -0.1) is 11.3 Å². The zero-order valence-corrected chi connectivity index (χ0v) is 34.0. The zero-order chi connectivity index (χ0) is 40.1. The number of hydrogen-bond donors (Lipinski definition) is 0. The van der Waals surface area contributed by atoms with Gasteiger partial charge in [-0.3, -0.25) is 0 Å². The second kappa shape index (κ2) is 13.2. The van der Waals surface area contributed by atoms with Crippen LogP contribution in [0.5, 0.6) is 0 Å². The maximum atomic E-state index is 2.49. The van der Waals surface area contributed by atoms with Crippen LogP contribution in [0.1, 0.15) is 22.3 Å². The summed E-state index contributed by atoms with van der Waals surface area (Å²) in [5.41, 5.74) is 18.3. The van der Waals surface area contributed by atoms with E-state index in [1.165, 1.54) is 97.7 Å². The predicted molar refractivity (Wildman–Crippen MR) is 259 cm³/mol. The highest BCUT2D eigenvalue weighted by Gasteiger charge is 2.51. The van der Waals surface area contributed by atoms with E-state index in [2.05, 4.69) is 229 Å². The van der Waals surface area contributed by atoms with E-state index in [0.29, 0.717) is 0 Å². The second-order valence-electron chi connectivity index (χ2n) is 16.4. The minimum atomic E-state index is -0.429. The van der Waals surface area contributed by atoms with Crippen molar-refractivity contribution in [2.24, 2.45) is 0 Å². The third-order valence-corrected chi connectivity index (χ3v) is 14.4. The van der Waals surface area contributed by atoms with Crippen LogP contribution in [0, 0.1) is 0 Å². The van der Waals surface area contributed by atoms with E-state index in [-0.39, 0.29) is 0 Å². The smallest absolute Gasteiger partial charge is 0.0726 e. The summed E-state index contributed by atoms with van der Waals surface area (Å²) in [6.07, 6.45) is 0. The summed E-state index contributed by atoms with van der Waals surface area (Å²) in [4.78, 5) is 2.45. The number of thiophene rings is 1. The molecule has 0 N–H and O–H groups in total. The van der Waals surface area contributed by atoms with Crippen molar-refractivity contribution in [3.8, 4) is 44.5 Å². The molecule has 61 heavy (non-hydrogen) atoms. The Kier molecular flexibility index (Phi) is 7.46. The Labute approximate surface area is 359 Å². The first-order valence-corrected chi connectivity index (χ1v) is 21.9. The summed E-state index contributed by atoms with van der Waals surface area (Å²) >= 11 is 1.86. The molecule has 0 unspecified atom stereocenters. The minimum Gasteiger partial charge on any atom is -0.310 e. The maximum absolute atomic E-state index is 2.49. The van der Waals surface area contributed by atoms with Crippen molar-refractivity contribution in [1.82, 2.24) is 0 Å². The van der Waals surface area contributed by atoms with Crippen LogP contribution in [0.2, 0.25) is 0 Å². The minimum absolute atomic E-state index is 0.429. The standard InChI is InChI=1S/C59H37NS/c1-2-13-40-34-42(25-24-38(40)12-1)39-26-29-44(30-27-39)60(45-15-11-14-41(35-45)43-28-33-58-52(36-43)51-19-6-10-23-57(51)61-58)46-31-32-50-49-18-5-9-22-55(49)59(56(50)37-46)53-20-7-3-16-47(53)48-17-4-8-21-54(48)59/h1-37H. The average molecular weight is 792 g/mol. The fourth-order valence-corrected chi connectivity index (χ4v) is 11.7. The van der Waals surface area contributed by atoms with Gasteiger partial charge in [0.2, 0.25) is 0 Å². The van der Waals surface area contributed by atoms with Crippen LogP contribution >= 0.6 is 11.3 Å². The van der Waals surface area contributed by atoms with Crippen molar-refractivity contribution in [3.63, 3.8) is 0 Å². The molecule has 0 fully saturated rings.